The summed E-state index contributed by atoms with van der Waals surface area (Å²) in [6.45, 7) is 5.67. The number of likely N-dealkylation sites (N-methyl/N-ethyl adjacent to an activating group) is 1. The van der Waals surface area contributed by atoms with Gasteiger partial charge in [0.1, 0.15) is 0 Å². The molecule has 0 amide bonds. The predicted octanol–water partition coefficient (Wildman–Crippen LogP) is 4.50. The minimum absolute atomic E-state index is 1.08. The molecule has 2 N–H and O–H groups in total. The van der Waals surface area contributed by atoms with Crippen molar-refractivity contribution < 1.29 is 0 Å². The summed E-state index contributed by atoms with van der Waals surface area (Å²) in [5.41, 5.74) is 0. The molecule has 0 saturated carbocycles. The molecule has 116 valence electrons. The summed E-state index contributed by atoms with van der Waals surface area (Å²) >= 11 is 0. The van der Waals surface area contributed by atoms with E-state index >= 15 is 0 Å². The van der Waals surface area contributed by atoms with Crippen LogP contribution in [-0.2, 0) is 0 Å². The molecule has 0 aliphatic carbocycles. The van der Waals surface area contributed by atoms with Gasteiger partial charge in [-0.2, -0.15) is 0 Å². The van der Waals surface area contributed by atoms with E-state index in [1.165, 1.54) is 83.6 Å². The van der Waals surface area contributed by atoms with E-state index in [1.807, 2.05) is 7.05 Å². The van der Waals surface area contributed by atoms with Crippen molar-refractivity contribution in [3.63, 3.8) is 0 Å². The van der Waals surface area contributed by atoms with Gasteiger partial charge in [0.25, 0.3) is 0 Å². The van der Waals surface area contributed by atoms with Crippen molar-refractivity contribution >= 4 is 0 Å². The van der Waals surface area contributed by atoms with Crippen molar-refractivity contribution in [3.05, 3.63) is 0 Å². The lowest BCUT2D eigenvalue weighted by Crippen LogP contribution is -2.25. The lowest BCUT2D eigenvalue weighted by Gasteiger charge is -2.04. The van der Waals surface area contributed by atoms with Crippen molar-refractivity contribution in [2.75, 3.05) is 26.7 Å². The van der Waals surface area contributed by atoms with Gasteiger partial charge in [-0.1, -0.05) is 77.6 Å². The quantitative estimate of drug-likeness (QED) is 0.404. The van der Waals surface area contributed by atoms with Crippen LogP contribution >= 0.6 is 0 Å². The number of unbranched alkanes of at least 4 members (excludes halogenated alkanes) is 11. The Bertz CT molecular complexity index is 132. The van der Waals surface area contributed by atoms with Gasteiger partial charge in [0, 0.05) is 13.1 Å². The Balaban J connectivity index is 2.88. The fraction of sp³-hybridized carbons (Fsp3) is 1.00. The van der Waals surface area contributed by atoms with E-state index in [1.54, 1.807) is 0 Å². The summed E-state index contributed by atoms with van der Waals surface area (Å²) in [6, 6.07) is 0. The van der Waals surface area contributed by atoms with Crippen LogP contribution in [0.25, 0.3) is 0 Å². The first-order valence-corrected chi connectivity index (χ1v) is 8.77. The first kappa shape index (κ1) is 18.9. The first-order chi connectivity index (χ1) is 9.41. The average Bonchev–Trinajstić information content (AvgIpc) is 2.43. The molecule has 0 rings (SSSR count). The van der Waals surface area contributed by atoms with Gasteiger partial charge in [0.15, 0.2) is 0 Å². The molecule has 0 aromatic heterocycles. The van der Waals surface area contributed by atoms with E-state index in [4.69, 9.17) is 0 Å². The van der Waals surface area contributed by atoms with E-state index in [0.717, 1.165) is 13.1 Å². The Kier molecular flexibility index (Phi) is 17.8. The highest BCUT2D eigenvalue weighted by Crippen LogP contribution is 2.11. The molecule has 0 aliphatic heterocycles. The molecule has 0 aliphatic rings. The van der Waals surface area contributed by atoms with Gasteiger partial charge in [-0.05, 0) is 20.0 Å². The monoisotopic (exact) mass is 270 g/mol. The maximum atomic E-state index is 3.46. The molecule has 0 atom stereocenters. The van der Waals surface area contributed by atoms with Crippen molar-refractivity contribution in [1.29, 1.82) is 0 Å². The van der Waals surface area contributed by atoms with Crippen molar-refractivity contribution in [2.24, 2.45) is 0 Å². The predicted molar refractivity (Wildman–Crippen MR) is 87.9 cm³/mol. The third-order valence-electron chi connectivity index (χ3n) is 3.76. The zero-order valence-electron chi connectivity index (χ0n) is 13.6. The molecule has 2 nitrogen and oxygen atoms in total. The Morgan fingerprint density at radius 1 is 0.526 bits per heavy atom. The van der Waals surface area contributed by atoms with Crippen LogP contribution in [0, 0.1) is 0 Å². The van der Waals surface area contributed by atoms with Crippen LogP contribution < -0.4 is 10.6 Å². The fourth-order valence-corrected chi connectivity index (χ4v) is 2.43. The molecule has 2 heteroatoms. The van der Waals surface area contributed by atoms with Crippen molar-refractivity contribution in [1.82, 2.24) is 10.6 Å². The smallest absolute Gasteiger partial charge is 0.00766 e. The Morgan fingerprint density at radius 2 is 1.00 bits per heavy atom. The van der Waals surface area contributed by atoms with Gasteiger partial charge in [0.05, 0.1) is 0 Å². The molecule has 0 spiro atoms. The van der Waals surface area contributed by atoms with Gasteiger partial charge in [-0.3, -0.25) is 0 Å². The molecule has 0 aromatic carbocycles. The lowest BCUT2D eigenvalue weighted by atomic mass is 10.1. The van der Waals surface area contributed by atoms with Crippen LogP contribution in [0.1, 0.15) is 84.0 Å². The summed E-state index contributed by atoms with van der Waals surface area (Å²) in [6.07, 6.45) is 17.2. The van der Waals surface area contributed by atoms with E-state index in [2.05, 4.69) is 17.6 Å². The van der Waals surface area contributed by atoms with E-state index in [9.17, 15) is 0 Å². The third-order valence-corrected chi connectivity index (χ3v) is 3.76. The van der Waals surface area contributed by atoms with Crippen LogP contribution in [0.15, 0.2) is 0 Å². The zero-order chi connectivity index (χ0) is 14.0. The maximum Gasteiger partial charge on any atom is 0.00766 e. The summed E-state index contributed by atoms with van der Waals surface area (Å²) in [5.74, 6) is 0. The van der Waals surface area contributed by atoms with E-state index in [0.29, 0.717) is 0 Å². The maximum absolute atomic E-state index is 3.46. The minimum atomic E-state index is 1.08. The number of hydrogen-bond donors (Lipinski definition) is 2. The fourth-order valence-electron chi connectivity index (χ4n) is 2.43. The Morgan fingerprint density at radius 3 is 1.47 bits per heavy atom. The highest BCUT2D eigenvalue weighted by molar-refractivity contribution is 4.52. The molecule has 0 fully saturated rings. The minimum Gasteiger partial charge on any atom is -0.318 e. The van der Waals surface area contributed by atoms with E-state index < -0.39 is 0 Å². The number of nitrogens with one attached hydrogen (secondary N) is 2. The molecule has 0 saturated heterocycles. The van der Waals surface area contributed by atoms with Crippen LogP contribution in [0.5, 0.6) is 0 Å². The molecule has 0 unspecified atom stereocenters. The van der Waals surface area contributed by atoms with Gasteiger partial charge < -0.3 is 10.6 Å². The van der Waals surface area contributed by atoms with Crippen molar-refractivity contribution in [2.45, 2.75) is 84.0 Å². The molecule has 19 heavy (non-hydrogen) atoms. The highest BCUT2D eigenvalue weighted by Gasteiger charge is 1.93. The Hall–Kier alpha value is -0.0800. The van der Waals surface area contributed by atoms with Crippen molar-refractivity contribution in [3.8, 4) is 0 Å². The van der Waals surface area contributed by atoms with E-state index in [-0.39, 0.29) is 0 Å². The third kappa shape index (κ3) is 17.9. The van der Waals surface area contributed by atoms with Gasteiger partial charge in [0.2, 0.25) is 0 Å². The highest BCUT2D eigenvalue weighted by atomic mass is 14.9. The molecule has 0 bridgehead atoms. The van der Waals surface area contributed by atoms with Gasteiger partial charge >= 0.3 is 0 Å². The molecule has 0 aromatic rings. The van der Waals surface area contributed by atoms with Crippen LogP contribution in [0.3, 0.4) is 0 Å². The standard InChI is InChI=1S/C17H38N2/c1-3-4-5-6-7-8-9-10-11-12-13-14-15-19-17-16-18-2/h18-19H,3-17H2,1-2H3. The van der Waals surface area contributed by atoms with Crippen LogP contribution in [0.4, 0.5) is 0 Å². The molecule has 0 radical (unpaired) electrons. The Labute approximate surface area is 122 Å². The summed E-state index contributed by atoms with van der Waals surface area (Å²) in [4.78, 5) is 0. The van der Waals surface area contributed by atoms with Crippen LogP contribution in [0.2, 0.25) is 0 Å². The summed E-state index contributed by atoms with van der Waals surface area (Å²) in [7, 11) is 2.01. The number of hydrogen-bond acceptors (Lipinski definition) is 2. The van der Waals surface area contributed by atoms with Gasteiger partial charge in [-0.25, -0.2) is 0 Å². The second-order valence-electron chi connectivity index (χ2n) is 5.74. The molecular formula is C17H38N2. The summed E-state index contributed by atoms with van der Waals surface area (Å²) in [5, 5.41) is 6.61. The second kappa shape index (κ2) is 17.9. The normalized spacial score (nSPS) is 11.1. The zero-order valence-corrected chi connectivity index (χ0v) is 13.6. The lowest BCUT2D eigenvalue weighted by molar-refractivity contribution is 0.534. The SMILES string of the molecule is CCCCCCCCCCCCCCNCCNC. The molecular weight excluding hydrogens is 232 g/mol. The second-order valence-corrected chi connectivity index (χ2v) is 5.74. The van der Waals surface area contributed by atoms with Crippen LogP contribution in [-0.4, -0.2) is 26.7 Å². The average molecular weight is 271 g/mol. The largest absolute Gasteiger partial charge is 0.318 e. The first-order valence-electron chi connectivity index (χ1n) is 8.77. The van der Waals surface area contributed by atoms with Gasteiger partial charge in [-0.15, -0.1) is 0 Å². The summed E-state index contributed by atoms with van der Waals surface area (Å²) < 4.78 is 0. The number of rotatable bonds is 16. The molecule has 0 heterocycles. The topological polar surface area (TPSA) is 24.1 Å².